The molecule has 4 heteroatoms. The zero-order valence-corrected chi connectivity index (χ0v) is 13.2. The summed E-state index contributed by atoms with van der Waals surface area (Å²) in [6.07, 6.45) is -0.449. The number of hydrogen-bond donors (Lipinski definition) is 1. The molecule has 20 heavy (non-hydrogen) atoms. The van der Waals surface area contributed by atoms with E-state index in [0.29, 0.717) is 6.54 Å². The summed E-state index contributed by atoms with van der Waals surface area (Å²) in [5.41, 5.74) is 3.28. The number of thiazole rings is 1. The Kier molecular flexibility index (Phi) is 5.29. The van der Waals surface area contributed by atoms with E-state index in [4.69, 9.17) is 0 Å². The first-order chi connectivity index (χ1) is 9.58. The molecule has 108 valence electrons. The van der Waals surface area contributed by atoms with Crippen molar-refractivity contribution in [2.24, 2.45) is 0 Å². The predicted octanol–water partition coefficient (Wildman–Crippen LogP) is 3.32. The molecule has 2 rings (SSSR count). The molecule has 0 spiro atoms. The van der Waals surface area contributed by atoms with Gasteiger partial charge in [-0.15, -0.1) is 11.3 Å². The molecule has 1 aromatic heterocycles. The minimum absolute atomic E-state index is 0.449. The Bertz CT molecular complexity index is 536. The van der Waals surface area contributed by atoms with Gasteiger partial charge in [0.2, 0.25) is 0 Å². The lowest BCUT2D eigenvalue weighted by Gasteiger charge is -2.23. The Balaban J connectivity index is 1.96. The molecule has 1 aromatic carbocycles. The third-order valence-corrected chi connectivity index (χ3v) is 4.21. The van der Waals surface area contributed by atoms with Crippen molar-refractivity contribution in [1.82, 2.24) is 9.88 Å². The number of rotatable bonds is 6. The largest absolute Gasteiger partial charge is 0.387 e. The third-order valence-electron chi connectivity index (χ3n) is 3.39. The molecule has 1 N–H and O–H groups in total. The molecule has 0 radical (unpaired) electrons. The highest BCUT2D eigenvalue weighted by Gasteiger charge is 2.13. The lowest BCUT2D eigenvalue weighted by atomic mass is 10.1. The van der Waals surface area contributed by atoms with Crippen LogP contribution in [0.5, 0.6) is 0 Å². The number of nitrogens with zero attached hydrogens (tertiary/aromatic N) is 2. The summed E-state index contributed by atoms with van der Waals surface area (Å²) in [5, 5.41) is 13.5. The number of aromatic nitrogens is 1. The second-order valence-electron chi connectivity index (χ2n) is 5.11. The van der Waals surface area contributed by atoms with E-state index in [9.17, 15) is 5.11 Å². The van der Waals surface area contributed by atoms with Crippen molar-refractivity contribution in [3.63, 3.8) is 0 Å². The topological polar surface area (TPSA) is 36.4 Å². The Morgan fingerprint density at radius 2 is 1.95 bits per heavy atom. The van der Waals surface area contributed by atoms with Crippen LogP contribution in [0, 0.1) is 13.8 Å². The quantitative estimate of drug-likeness (QED) is 0.886. The van der Waals surface area contributed by atoms with Gasteiger partial charge >= 0.3 is 0 Å². The summed E-state index contributed by atoms with van der Waals surface area (Å²) in [4.78, 5) is 6.71. The molecule has 0 fully saturated rings. The van der Waals surface area contributed by atoms with Crippen LogP contribution in [0.1, 0.15) is 34.9 Å². The molecule has 3 nitrogen and oxygen atoms in total. The van der Waals surface area contributed by atoms with Crippen molar-refractivity contribution in [2.45, 2.75) is 33.4 Å². The first-order valence-electron chi connectivity index (χ1n) is 6.96. The highest BCUT2D eigenvalue weighted by Crippen LogP contribution is 2.17. The van der Waals surface area contributed by atoms with Gasteiger partial charge in [0.25, 0.3) is 0 Å². The monoisotopic (exact) mass is 290 g/mol. The highest BCUT2D eigenvalue weighted by molar-refractivity contribution is 7.09. The molecule has 0 bridgehead atoms. The van der Waals surface area contributed by atoms with Crippen LogP contribution in [0.15, 0.2) is 29.6 Å². The van der Waals surface area contributed by atoms with Crippen LogP contribution in [-0.2, 0) is 6.54 Å². The van der Waals surface area contributed by atoms with Gasteiger partial charge in [-0.25, -0.2) is 4.98 Å². The van der Waals surface area contributed by atoms with Crippen molar-refractivity contribution < 1.29 is 5.11 Å². The standard InChI is InChI=1S/C16H22N2OS/c1-4-18(9-15-11-20-13(3)17-15)10-16(19)14-7-5-12(2)6-8-14/h5-8,11,16,19H,4,9-10H2,1-3H3. The van der Waals surface area contributed by atoms with Gasteiger partial charge < -0.3 is 5.11 Å². The van der Waals surface area contributed by atoms with Crippen molar-refractivity contribution in [2.75, 3.05) is 13.1 Å². The van der Waals surface area contributed by atoms with E-state index < -0.39 is 6.10 Å². The molecule has 0 aliphatic heterocycles. The van der Waals surface area contributed by atoms with E-state index in [0.717, 1.165) is 29.4 Å². The maximum absolute atomic E-state index is 10.3. The lowest BCUT2D eigenvalue weighted by molar-refractivity contribution is 0.112. The van der Waals surface area contributed by atoms with Crippen molar-refractivity contribution in [3.05, 3.63) is 51.5 Å². The maximum atomic E-state index is 10.3. The molecular formula is C16H22N2OS. The smallest absolute Gasteiger partial charge is 0.0917 e. The SMILES string of the molecule is CCN(Cc1csc(C)n1)CC(O)c1ccc(C)cc1. The second kappa shape index (κ2) is 6.97. The summed E-state index contributed by atoms with van der Waals surface area (Å²) < 4.78 is 0. The van der Waals surface area contributed by atoms with Gasteiger partial charge in [0.1, 0.15) is 0 Å². The van der Waals surface area contributed by atoms with Gasteiger partial charge in [0, 0.05) is 18.5 Å². The summed E-state index contributed by atoms with van der Waals surface area (Å²) in [6.45, 7) is 8.52. The zero-order chi connectivity index (χ0) is 14.5. The molecule has 0 saturated heterocycles. The van der Waals surface area contributed by atoms with Crippen LogP contribution >= 0.6 is 11.3 Å². The Labute approximate surface area is 124 Å². The van der Waals surface area contributed by atoms with Crippen LogP contribution < -0.4 is 0 Å². The molecule has 1 atom stereocenters. The lowest BCUT2D eigenvalue weighted by Crippen LogP contribution is -2.28. The fourth-order valence-electron chi connectivity index (χ4n) is 2.15. The van der Waals surface area contributed by atoms with Crippen molar-refractivity contribution >= 4 is 11.3 Å². The summed E-state index contributed by atoms with van der Waals surface area (Å²) in [5.74, 6) is 0. The number of hydrogen-bond acceptors (Lipinski definition) is 4. The normalized spacial score (nSPS) is 12.8. The van der Waals surface area contributed by atoms with Gasteiger partial charge in [0.05, 0.1) is 16.8 Å². The molecule has 2 aromatic rings. The number of aliphatic hydroxyl groups excluding tert-OH is 1. The second-order valence-corrected chi connectivity index (χ2v) is 6.17. The van der Waals surface area contributed by atoms with Gasteiger partial charge in [-0.1, -0.05) is 36.8 Å². The van der Waals surface area contributed by atoms with Crippen molar-refractivity contribution in [1.29, 1.82) is 0 Å². The molecular weight excluding hydrogens is 268 g/mol. The minimum atomic E-state index is -0.449. The fourth-order valence-corrected chi connectivity index (χ4v) is 2.76. The Morgan fingerprint density at radius 3 is 2.50 bits per heavy atom. The van der Waals surface area contributed by atoms with E-state index in [2.05, 4.69) is 29.1 Å². The number of likely N-dealkylation sites (N-methyl/N-ethyl adjacent to an activating group) is 1. The van der Waals surface area contributed by atoms with Gasteiger partial charge in [-0.3, -0.25) is 4.90 Å². The van der Waals surface area contributed by atoms with Crippen LogP contribution in [0.25, 0.3) is 0 Å². The Hall–Kier alpha value is -1.23. The number of benzene rings is 1. The van der Waals surface area contributed by atoms with Gasteiger partial charge in [0.15, 0.2) is 0 Å². The fraction of sp³-hybridized carbons (Fsp3) is 0.438. The average molecular weight is 290 g/mol. The van der Waals surface area contributed by atoms with Crippen molar-refractivity contribution in [3.8, 4) is 0 Å². The maximum Gasteiger partial charge on any atom is 0.0917 e. The van der Waals surface area contributed by atoms with E-state index in [1.54, 1.807) is 11.3 Å². The van der Waals surface area contributed by atoms with Crippen LogP contribution in [0.3, 0.4) is 0 Å². The summed E-state index contributed by atoms with van der Waals surface area (Å²) in [6, 6.07) is 8.08. The third kappa shape index (κ3) is 4.13. The molecule has 0 aliphatic rings. The van der Waals surface area contributed by atoms with Crippen LogP contribution in [0.4, 0.5) is 0 Å². The molecule has 0 saturated carbocycles. The van der Waals surface area contributed by atoms with Gasteiger partial charge in [-0.05, 0) is 26.0 Å². The molecule has 1 unspecified atom stereocenters. The van der Waals surface area contributed by atoms with E-state index >= 15 is 0 Å². The van der Waals surface area contributed by atoms with E-state index in [-0.39, 0.29) is 0 Å². The molecule has 1 heterocycles. The predicted molar refractivity (Wildman–Crippen MR) is 83.9 cm³/mol. The zero-order valence-electron chi connectivity index (χ0n) is 12.3. The van der Waals surface area contributed by atoms with E-state index in [1.165, 1.54) is 5.56 Å². The van der Waals surface area contributed by atoms with E-state index in [1.807, 2.05) is 31.2 Å². The first-order valence-corrected chi connectivity index (χ1v) is 7.84. The Morgan fingerprint density at radius 1 is 1.25 bits per heavy atom. The number of aliphatic hydroxyl groups is 1. The number of aryl methyl sites for hydroxylation is 2. The average Bonchev–Trinajstić information content (AvgIpc) is 2.84. The van der Waals surface area contributed by atoms with Crippen LogP contribution in [0.2, 0.25) is 0 Å². The van der Waals surface area contributed by atoms with Gasteiger partial charge in [-0.2, -0.15) is 0 Å². The summed E-state index contributed by atoms with van der Waals surface area (Å²) in [7, 11) is 0. The molecule has 0 aliphatic carbocycles. The van der Waals surface area contributed by atoms with Crippen LogP contribution in [-0.4, -0.2) is 28.1 Å². The summed E-state index contributed by atoms with van der Waals surface area (Å²) >= 11 is 1.67. The first kappa shape index (κ1) is 15.2. The highest BCUT2D eigenvalue weighted by atomic mass is 32.1. The minimum Gasteiger partial charge on any atom is -0.387 e. The molecule has 0 amide bonds.